The first kappa shape index (κ1) is 14.1. The van der Waals surface area contributed by atoms with Gasteiger partial charge in [0.15, 0.2) is 0 Å². The monoisotopic (exact) mass is 347 g/mol. The van der Waals surface area contributed by atoms with Crippen LogP contribution in [0, 0.1) is 0 Å². The number of nitrogens with two attached hydrogens (primary N) is 1. The predicted molar refractivity (Wildman–Crippen MR) is 89.9 cm³/mol. The Balaban J connectivity index is 1.70. The predicted octanol–water partition coefficient (Wildman–Crippen LogP) is 3.56. The molecule has 1 aromatic carbocycles. The second-order valence-electron chi connectivity index (χ2n) is 5.15. The van der Waals surface area contributed by atoms with Crippen molar-refractivity contribution in [1.82, 2.24) is 9.97 Å². The molecule has 0 saturated carbocycles. The molecule has 1 aromatic heterocycles. The summed E-state index contributed by atoms with van der Waals surface area (Å²) in [6.07, 6.45) is 5.56. The largest absolute Gasteiger partial charge is 0.383 e. The van der Waals surface area contributed by atoms with Gasteiger partial charge in [0.1, 0.15) is 5.82 Å². The maximum atomic E-state index is 5.75. The van der Waals surface area contributed by atoms with Crippen LogP contribution in [-0.2, 0) is 0 Å². The average Bonchev–Trinajstić information content (AvgIpc) is 2.53. The number of rotatable bonds is 3. The number of halogens is 1. The molecular weight excluding hydrogens is 330 g/mol. The molecule has 0 radical (unpaired) electrons. The lowest BCUT2D eigenvalue weighted by molar-refractivity contribution is 0.578. The standard InChI is InChI=1S/C15H18BrN5/c16-13-10-18-15(20-14(13)17)19-11-4-6-12(7-5-11)21-8-2-1-3-9-21/h4-7,10H,1-3,8-9H2,(H3,17,18,19,20). The summed E-state index contributed by atoms with van der Waals surface area (Å²) in [5, 5.41) is 3.16. The molecule has 1 aliphatic heterocycles. The summed E-state index contributed by atoms with van der Waals surface area (Å²) in [6.45, 7) is 2.30. The smallest absolute Gasteiger partial charge is 0.229 e. The molecule has 0 unspecified atom stereocenters. The Bertz CT molecular complexity index is 608. The summed E-state index contributed by atoms with van der Waals surface area (Å²) < 4.78 is 0.702. The molecule has 3 rings (SSSR count). The summed E-state index contributed by atoms with van der Waals surface area (Å²) >= 11 is 3.29. The van der Waals surface area contributed by atoms with E-state index in [1.165, 1.54) is 24.9 Å². The highest BCUT2D eigenvalue weighted by Gasteiger charge is 2.10. The van der Waals surface area contributed by atoms with E-state index in [-0.39, 0.29) is 0 Å². The van der Waals surface area contributed by atoms with Crippen molar-refractivity contribution < 1.29 is 0 Å². The molecule has 21 heavy (non-hydrogen) atoms. The molecule has 6 heteroatoms. The molecule has 1 aliphatic rings. The minimum atomic E-state index is 0.428. The SMILES string of the molecule is Nc1nc(Nc2ccc(N3CCCCC3)cc2)ncc1Br. The molecular formula is C15H18BrN5. The van der Waals surface area contributed by atoms with Gasteiger partial charge in [0.05, 0.1) is 4.47 Å². The van der Waals surface area contributed by atoms with Gasteiger partial charge < -0.3 is 16.0 Å². The summed E-state index contributed by atoms with van der Waals surface area (Å²) in [4.78, 5) is 10.8. The van der Waals surface area contributed by atoms with Gasteiger partial charge in [-0.15, -0.1) is 0 Å². The minimum absolute atomic E-state index is 0.428. The van der Waals surface area contributed by atoms with Crippen LogP contribution in [0.2, 0.25) is 0 Å². The van der Waals surface area contributed by atoms with Crippen LogP contribution in [0.15, 0.2) is 34.9 Å². The third-order valence-electron chi connectivity index (χ3n) is 3.62. The number of aromatic nitrogens is 2. The van der Waals surface area contributed by atoms with Crippen LogP contribution in [0.3, 0.4) is 0 Å². The zero-order chi connectivity index (χ0) is 14.7. The Kier molecular flexibility index (Phi) is 4.24. The van der Waals surface area contributed by atoms with Crippen LogP contribution in [-0.4, -0.2) is 23.1 Å². The maximum absolute atomic E-state index is 5.75. The zero-order valence-corrected chi connectivity index (χ0v) is 13.3. The van der Waals surface area contributed by atoms with Crippen molar-refractivity contribution in [1.29, 1.82) is 0 Å². The van der Waals surface area contributed by atoms with Gasteiger partial charge in [0, 0.05) is 30.7 Å². The molecule has 0 spiro atoms. The number of benzene rings is 1. The molecule has 110 valence electrons. The Labute approximate surface area is 132 Å². The lowest BCUT2D eigenvalue weighted by atomic mass is 10.1. The first-order chi connectivity index (χ1) is 10.2. The van der Waals surface area contributed by atoms with Crippen molar-refractivity contribution in [3.05, 3.63) is 34.9 Å². The number of nitrogens with zero attached hydrogens (tertiary/aromatic N) is 3. The molecule has 0 aliphatic carbocycles. The van der Waals surface area contributed by atoms with E-state index in [1.54, 1.807) is 6.20 Å². The van der Waals surface area contributed by atoms with Crippen LogP contribution in [0.25, 0.3) is 0 Å². The molecule has 2 aromatic rings. The molecule has 0 bridgehead atoms. The van der Waals surface area contributed by atoms with Crippen molar-refractivity contribution in [2.75, 3.05) is 29.0 Å². The average molecular weight is 348 g/mol. The van der Waals surface area contributed by atoms with Crippen LogP contribution in [0.1, 0.15) is 19.3 Å². The molecule has 5 nitrogen and oxygen atoms in total. The minimum Gasteiger partial charge on any atom is -0.383 e. The van der Waals surface area contributed by atoms with Crippen molar-refractivity contribution in [3.8, 4) is 0 Å². The summed E-state index contributed by atoms with van der Waals surface area (Å²) in [5.74, 6) is 0.929. The van der Waals surface area contributed by atoms with E-state index in [4.69, 9.17) is 5.73 Å². The van der Waals surface area contributed by atoms with Gasteiger partial charge in [-0.1, -0.05) is 0 Å². The quantitative estimate of drug-likeness (QED) is 0.888. The highest BCUT2D eigenvalue weighted by molar-refractivity contribution is 9.10. The molecule has 0 amide bonds. The van der Waals surface area contributed by atoms with Crippen LogP contribution >= 0.6 is 15.9 Å². The Hall–Kier alpha value is -1.82. The number of hydrogen-bond acceptors (Lipinski definition) is 5. The third kappa shape index (κ3) is 3.44. The van der Waals surface area contributed by atoms with Gasteiger partial charge in [-0.2, -0.15) is 4.98 Å². The van der Waals surface area contributed by atoms with Crippen LogP contribution in [0.5, 0.6) is 0 Å². The second kappa shape index (κ2) is 6.30. The third-order valence-corrected chi connectivity index (χ3v) is 4.23. The maximum Gasteiger partial charge on any atom is 0.229 e. The van der Waals surface area contributed by atoms with E-state index in [0.29, 0.717) is 16.2 Å². The summed E-state index contributed by atoms with van der Waals surface area (Å²) in [7, 11) is 0. The van der Waals surface area contributed by atoms with Gasteiger partial charge in [0.2, 0.25) is 5.95 Å². The van der Waals surface area contributed by atoms with Crippen LogP contribution in [0.4, 0.5) is 23.1 Å². The fraction of sp³-hybridized carbons (Fsp3) is 0.333. The first-order valence-electron chi connectivity index (χ1n) is 7.12. The van der Waals surface area contributed by atoms with E-state index in [1.807, 2.05) is 12.1 Å². The Morgan fingerprint density at radius 2 is 1.81 bits per heavy atom. The number of nitrogens with one attached hydrogen (secondary N) is 1. The van der Waals surface area contributed by atoms with Crippen molar-refractivity contribution >= 4 is 39.1 Å². The highest BCUT2D eigenvalue weighted by Crippen LogP contribution is 2.23. The first-order valence-corrected chi connectivity index (χ1v) is 7.92. The lowest BCUT2D eigenvalue weighted by Crippen LogP contribution is -2.29. The zero-order valence-electron chi connectivity index (χ0n) is 11.7. The molecule has 1 fully saturated rings. The van der Waals surface area contributed by atoms with Crippen molar-refractivity contribution in [3.63, 3.8) is 0 Å². The van der Waals surface area contributed by atoms with Gasteiger partial charge >= 0.3 is 0 Å². The van der Waals surface area contributed by atoms with E-state index >= 15 is 0 Å². The fourth-order valence-electron chi connectivity index (χ4n) is 2.48. The van der Waals surface area contributed by atoms with Gasteiger partial charge in [-0.25, -0.2) is 4.98 Å². The Morgan fingerprint density at radius 3 is 2.48 bits per heavy atom. The van der Waals surface area contributed by atoms with E-state index in [9.17, 15) is 0 Å². The van der Waals surface area contributed by atoms with Gasteiger partial charge in [-0.3, -0.25) is 0 Å². The highest BCUT2D eigenvalue weighted by atomic mass is 79.9. The molecule has 1 saturated heterocycles. The van der Waals surface area contributed by atoms with Crippen molar-refractivity contribution in [2.45, 2.75) is 19.3 Å². The van der Waals surface area contributed by atoms with E-state index in [2.05, 4.69) is 48.2 Å². The molecule has 0 atom stereocenters. The number of anilines is 4. The second-order valence-corrected chi connectivity index (χ2v) is 6.00. The normalized spacial score (nSPS) is 15.0. The number of hydrogen-bond donors (Lipinski definition) is 2. The fourth-order valence-corrected chi connectivity index (χ4v) is 2.67. The van der Waals surface area contributed by atoms with Crippen molar-refractivity contribution in [2.24, 2.45) is 0 Å². The molecule has 3 N–H and O–H groups in total. The summed E-state index contributed by atoms with van der Waals surface area (Å²) in [6, 6.07) is 8.36. The Morgan fingerprint density at radius 1 is 1.10 bits per heavy atom. The van der Waals surface area contributed by atoms with Gasteiger partial charge in [-0.05, 0) is 59.5 Å². The number of nitrogen functional groups attached to an aromatic ring is 1. The lowest BCUT2D eigenvalue weighted by Gasteiger charge is -2.28. The van der Waals surface area contributed by atoms with E-state index < -0.39 is 0 Å². The number of piperidine rings is 1. The topological polar surface area (TPSA) is 67.1 Å². The molecule has 2 heterocycles. The summed E-state index contributed by atoms with van der Waals surface area (Å²) in [5.41, 5.74) is 7.98. The van der Waals surface area contributed by atoms with Crippen LogP contribution < -0.4 is 16.0 Å². The van der Waals surface area contributed by atoms with Gasteiger partial charge in [0.25, 0.3) is 0 Å². The van der Waals surface area contributed by atoms with E-state index in [0.717, 1.165) is 18.8 Å².